The van der Waals surface area contributed by atoms with E-state index in [2.05, 4.69) is 48.1 Å². The summed E-state index contributed by atoms with van der Waals surface area (Å²) >= 11 is 1.73. The van der Waals surface area contributed by atoms with Crippen molar-refractivity contribution in [3.63, 3.8) is 0 Å². The van der Waals surface area contributed by atoms with E-state index in [4.69, 9.17) is 4.74 Å². The Morgan fingerprint density at radius 3 is 2.53 bits per heavy atom. The van der Waals surface area contributed by atoms with Crippen molar-refractivity contribution in [3.8, 4) is 5.75 Å². The second kappa shape index (κ2) is 7.31. The number of ether oxygens (including phenoxy) is 1. The average Bonchev–Trinajstić information content (AvgIpc) is 2.91. The van der Waals surface area contributed by atoms with Gasteiger partial charge in [-0.1, -0.05) is 26.0 Å². The second-order valence-electron chi connectivity index (χ2n) is 4.91. The minimum atomic E-state index is 0.515. The van der Waals surface area contributed by atoms with E-state index < -0.39 is 0 Å². The molecule has 2 aromatic rings. The maximum absolute atomic E-state index is 5.74. The molecule has 0 fully saturated rings. The molecule has 1 aromatic carbocycles. The van der Waals surface area contributed by atoms with Crippen LogP contribution in [0.3, 0.4) is 0 Å². The summed E-state index contributed by atoms with van der Waals surface area (Å²) in [5.41, 5.74) is 2.64. The highest BCUT2D eigenvalue weighted by Crippen LogP contribution is 2.13. The molecule has 102 valence electrons. The number of thiophene rings is 1. The molecule has 1 heterocycles. The van der Waals surface area contributed by atoms with Crippen molar-refractivity contribution < 1.29 is 4.74 Å². The van der Waals surface area contributed by atoms with E-state index in [-0.39, 0.29) is 0 Å². The van der Waals surface area contributed by atoms with E-state index in [0.717, 1.165) is 25.3 Å². The lowest BCUT2D eigenvalue weighted by Gasteiger charge is -2.09. The van der Waals surface area contributed by atoms with Crippen LogP contribution >= 0.6 is 11.3 Å². The van der Waals surface area contributed by atoms with Gasteiger partial charge in [0, 0.05) is 19.0 Å². The lowest BCUT2D eigenvalue weighted by atomic mass is 10.2. The van der Waals surface area contributed by atoms with E-state index in [1.54, 1.807) is 11.3 Å². The summed E-state index contributed by atoms with van der Waals surface area (Å²) in [6.45, 7) is 5.96. The van der Waals surface area contributed by atoms with E-state index in [0.29, 0.717) is 6.04 Å². The molecular weight excluding hydrogens is 254 g/mol. The summed E-state index contributed by atoms with van der Waals surface area (Å²) in [5, 5.41) is 7.68. The molecule has 2 rings (SSSR count). The van der Waals surface area contributed by atoms with Crippen molar-refractivity contribution >= 4 is 11.3 Å². The standard InChI is InChI=1S/C16H21NOS/c1-13(2)17-11-14-3-5-16(6-4-14)18-9-7-15-8-10-19-12-15/h3-6,8,10,12-13,17H,7,9,11H2,1-2H3. The first kappa shape index (κ1) is 14.1. The number of benzene rings is 1. The molecule has 1 aromatic heterocycles. The molecule has 2 nitrogen and oxygen atoms in total. The largest absolute Gasteiger partial charge is 0.493 e. The van der Waals surface area contributed by atoms with Crippen LogP contribution in [-0.2, 0) is 13.0 Å². The van der Waals surface area contributed by atoms with Crippen molar-refractivity contribution in [1.82, 2.24) is 5.32 Å². The molecule has 0 bridgehead atoms. The first-order chi connectivity index (χ1) is 9.24. The van der Waals surface area contributed by atoms with Gasteiger partial charge in [-0.25, -0.2) is 0 Å². The van der Waals surface area contributed by atoms with Crippen LogP contribution in [0.4, 0.5) is 0 Å². The second-order valence-corrected chi connectivity index (χ2v) is 5.69. The molecule has 0 saturated heterocycles. The number of hydrogen-bond acceptors (Lipinski definition) is 3. The Kier molecular flexibility index (Phi) is 5.43. The zero-order chi connectivity index (χ0) is 13.5. The SMILES string of the molecule is CC(C)NCc1ccc(OCCc2ccsc2)cc1. The molecule has 0 unspecified atom stereocenters. The van der Waals surface area contributed by atoms with Gasteiger partial charge < -0.3 is 10.1 Å². The highest BCUT2D eigenvalue weighted by molar-refractivity contribution is 7.07. The first-order valence-corrected chi connectivity index (χ1v) is 7.64. The Hall–Kier alpha value is -1.32. The molecule has 0 radical (unpaired) electrons. The van der Waals surface area contributed by atoms with Crippen LogP contribution in [0.2, 0.25) is 0 Å². The van der Waals surface area contributed by atoms with Crippen LogP contribution in [-0.4, -0.2) is 12.6 Å². The minimum absolute atomic E-state index is 0.515. The summed E-state index contributed by atoms with van der Waals surface area (Å²) in [6.07, 6.45) is 0.972. The maximum Gasteiger partial charge on any atom is 0.119 e. The van der Waals surface area contributed by atoms with Crippen molar-refractivity contribution in [2.24, 2.45) is 0 Å². The highest BCUT2D eigenvalue weighted by Gasteiger charge is 1.98. The normalized spacial score (nSPS) is 10.9. The zero-order valence-corrected chi connectivity index (χ0v) is 12.4. The topological polar surface area (TPSA) is 21.3 Å². The average molecular weight is 275 g/mol. The predicted octanol–water partition coefficient (Wildman–Crippen LogP) is 3.87. The fourth-order valence-electron chi connectivity index (χ4n) is 1.75. The lowest BCUT2D eigenvalue weighted by molar-refractivity contribution is 0.322. The van der Waals surface area contributed by atoms with Gasteiger partial charge in [-0.3, -0.25) is 0 Å². The summed E-state index contributed by atoms with van der Waals surface area (Å²) in [6, 6.07) is 11.0. The van der Waals surface area contributed by atoms with E-state index in [1.807, 2.05) is 12.1 Å². The lowest BCUT2D eigenvalue weighted by Crippen LogP contribution is -2.21. The summed E-state index contributed by atoms with van der Waals surface area (Å²) in [7, 11) is 0. The predicted molar refractivity (Wildman–Crippen MR) is 81.9 cm³/mol. The van der Waals surface area contributed by atoms with Gasteiger partial charge in [-0.15, -0.1) is 0 Å². The van der Waals surface area contributed by atoms with Crippen molar-refractivity contribution in [3.05, 3.63) is 52.2 Å². The summed E-state index contributed by atoms with van der Waals surface area (Å²) < 4.78 is 5.74. The molecule has 0 aliphatic rings. The van der Waals surface area contributed by atoms with Crippen molar-refractivity contribution in [1.29, 1.82) is 0 Å². The smallest absolute Gasteiger partial charge is 0.119 e. The monoisotopic (exact) mass is 275 g/mol. The maximum atomic E-state index is 5.74. The molecule has 0 aliphatic heterocycles. The molecule has 0 saturated carbocycles. The quantitative estimate of drug-likeness (QED) is 0.828. The van der Waals surface area contributed by atoms with Crippen LogP contribution < -0.4 is 10.1 Å². The fraction of sp³-hybridized carbons (Fsp3) is 0.375. The summed E-state index contributed by atoms with van der Waals surface area (Å²) in [4.78, 5) is 0. The van der Waals surface area contributed by atoms with Crippen molar-refractivity contribution in [2.75, 3.05) is 6.61 Å². The van der Waals surface area contributed by atoms with Crippen LogP contribution in [0.5, 0.6) is 5.75 Å². The Bertz CT molecular complexity index is 462. The third kappa shape index (κ3) is 5.05. The number of nitrogens with one attached hydrogen (secondary N) is 1. The first-order valence-electron chi connectivity index (χ1n) is 6.70. The molecule has 0 aliphatic carbocycles. The molecule has 3 heteroatoms. The van der Waals surface area contributed by atoms with Crippen LogP contribution in [0, 0.1) is 0 Å². The summed E-state index contributed by atoms with van der Waals surface area (Å²) in [5.74, 6) is 0.948. The van der Waals surface area contributed by atoms with Gasteiger partial charge in [0.05, 0.1) is 6.61 Å². The van der Waals surface area contributed by atoms with Gasteiger partial charge in [-0.05, 0) is 40.1 Å². The zero-order valence-electron chi connectivity index (χ0n) is 11.6. The van der Waals surface area contributed by atoms with Gasteiger partial charge in [0.2, 0.25) is 0 Å². The minimum Gasteiger partial charge on any atom is -0.493 e. The molecular formula is C16H21NOS. The Labute approximate surface area is 119 Å². The fourth-order valence-corrected chi connectivity index (χ4v) is 2.45. The van der Waals surface area contributed by atoms with Crippen LogP contribution in [0.25, 0.3) is 0 Å². The molecule has 19 heavy (non-hydrogen) atoms. The third-order valence-electron chi connectivity index (χ3n) is 2.88. The highest BCUT2D eigenvalue weighted by atomic mass is 32.1. The van der Waals surface area contributed by atoms with Crippen LogP contribution in [0.1, 0.15) is 25.0 Å². The number of hydrogen-bond donors (Lipinski definition) is 1. The molecule has 1 N–H and O–H groups in total. The molecule has 0 amide bonds. The van der Waals surface area contributed by atoms with Crippen LogP contribution in [0.15, 0.2) is 41.1 Å². The van der Waals surface area contributed by atoms with E-state index >= 15 is 0 Å². The van der Waals surface area contributed by atoms with Gasteiger partial charge in [-0.2, -0.15) is 11.3 Å². The van der Waals surface area contributed by atoms with Crippen molar-refractivity contribution in [2.45, 2.75) is 32.9 Å². The van der Waals surface area contributed by atoms with E-state index in [9.17, 15) is 0 Å². The molecule has 0 spiro atoms. The Balaban J connectivity index is 1.75. The molecule has 0 atom stereocenters. The Morgan fingerprint density at radius 2 is 1.89 bits per heavy atom. The third-order valence-corrected chi connectivity index (χ3v) is 3.61. The van der Waals surface area contributed by atoms with Gasteiger partial charge in [0.15, 0.2) is 0 Å². The van der Waals surface area contributed by atoms with Gasteiger partial charge in [0.25, 0.3) is 0 Å². The van der Waals surface area contributed by atoms with E-state index in [1.165, 1.54) is 11.1 Å². The number of rotatable bonds is 7. The van der Waals surface area contributed by atoms with Gasteiger partial charge in [0.1, 0.15) is 5.75 Å². The Morgan fingerprint density at radius 1 is 1.11 bits per heavy atom. The van der Waals surface area contributed by atoms with Gasteiger partial charge >= 0.3 is 0 Å².